The minimum Gasteiger partial charge on any atom is -0.309 e. The van der Waals surface area contributed by atoms with Crippen molar-refractivity contribution in [1.29, 1.82) is 0 Å². The van der Waals surface area contributed by atoms with Crippen LogP contribution in [0.25, 0.3) is 114 Å². The lowest BCUT2D eigenvalue weighted by atomic mass is 9.48. The van der Waals surface area contributed by atoms with Gasteiger partial charge in [-0.05, 0) is 131 Å². The Morgan fingerprint density at radius 2 is 1.03 bits per heavy atom. The quantitative estimate of drug-likeness (QED) is 0.167. The molecule has 16 rings (SSSR count). The maximum Gasteiger partial charge on any atom is 0.160 e. The molecule has 0 unspecified atom stereocenters. The van der Waals surface area contributed by atoms with Gasteiger partial charge >= 0.3 is 0 Å². The van der Waals surface area contributed by atoms with E-state index in [9.17, 15) is 0 Å². The van der Waals surface area contributed by atoms with Crippen molar-refractivity contribution in [3.05, 3.63) is 200 Å². The first-order chi connectivity index (χ1) is 33.6. The molecule has 0 amide bonds. The molecule has 3 heterocycles. The van der Waals surface area contributed by atoms with E-state index in [-0.39, 0.29) is 0 Å². The predicted octanol–water partition coefficient (Wildman–Crippen LogP) is 17.4. The van der Waals surface area contributed by atoms with Crippen LogP contribution in [0.1, 0.15) is 44.1 Å². The van der Waals surface area contributed by atoms with Gasteiger partial charge < -0.3 is 4.57 Å². The van der Waals surface area contributed by atoms with Crippen molar-refractivity contribution in [1.82, 2.24) is 14.5 Å². The smallest absolute Gasteiger partial charge is 0.160 e. The Balaban J connectivity index is 0.940. The van der Waals surface area contributed by atoms with E-state index in [1.807, 2.05) is 11.3 Å². The number of hydrogen-bond acceptors (Lipinski definition) is 3. The molecular formula is C64H47N3S. The second kappa shape index (κ2) is 14.8. The molecule has 9 aromatic carbocycles. The van der Waals surface area contributed by atoms with E-state index >= 15 is 0 Å². The summed E-state index contributed by atoms with van der Waals surface area (Å²) < 4.78 is 5.08. The first kappa shape index (κ1) is 38.7. The number of rotatable bonds is 6. The lowest BCUT2D eigenvalue weighted by Crippen LogP contribution is -2.48. The molecule has 0 atom stereocenters. The molecular weight excluding hydrogens is 843 g/mol. The molecule has 0 aliphatic heterocycles. The summed E-state index contributed by atoms with van der Waals surface area (Å²) in [4.78, 5) is 11.1. The van der Waals surface area contributed by atoms with Gasteiger partial charge in [0.2, 0.25) is 0 Å². The second-order valence-corrected chi connectivity index (χ2v) is 21.4. The summed E-state index contributed by atoms with van der Waals surface area (Å²) in [6.07, 6.45) is 8.41. The van der Waals surface area contributed by atoms with Gasteiger partial charge in [-0.15, -0.1) is 11.3 Å². The zero-order valence-electron chi connectivity index (χ0n) is 37.7. The summed E-state index contributed by atoms with van der Waals surface area (Å²) in [6.45, 7) is 0. The van der Waals surface area contributed by atoms with Crippen molar-refractivity contribution in [2.45, 2.75) is 43.9 Å². The van der Waals surface area contributed by atoms with Crippen molar-refractivity contribution in [2.75, 3.05) is 0 Å². The lowest BCUT2D eigenvalue weighted by molar-refractivity contribution is -0.00518. The minimum atomic E-state index is 0.332. The van der Waals surface area contributed by atoms with Gasteiger partial charge in [-0.1, -0.05) is 158 Å². The monoisotopic (exact) mass is 889 g/mol. The maximum atomic E-state index is 5.58. The Morgan fingerprint density at radius 3 is 1.84 bits per heavy atom. The molecule has 3 nitrogen and oxygen atoms in total. The van der Waals surface area contributed by atoms with Crippen LogP contribution in [-0.4, -0.2) is 14.5 Å². The number of benzene rings is 9. The molecule has 0 radical (unpaired) electrons. The molecule has 0 N–H and O–H groups in total. The molecule has 3 aromatic heterocycles. The van der Waals surface area contributed by atoms with Gasteiger partial charge in [0.1, 0.15) is 0 Å². The van der Waals surface area contributed by atoms with E-state index in [4.69, 9.17) is 9.97 Å². The van der Waals surface area contributed by atoms with E-state index in [1.165, 1.54) is 113 Å². The first-order valence-electron chi connectivity index (χ1n) is 24.5. The third kappa shape index (κ3) is 5.96. The maximum absolute atomic E-state index is 5.58. The summed E-state index contributed by atoms with van der Waals surface area (Å²) in [7, 11) is 0. The Bertz CT molecular complexity index is 3970. The van der Waals surface area contributed by atoms with Gasteiger partial charge in [-0.25, -0.2) is 9.97 Å². The Kier molecular flexibility index (Phi) is 8.42. The number of nitrogens with zero attached hydrogens (tertiary/aromatic N) is 3. The molecule has 4 saturated carbocycles. The fraction of sp³-hybridized carbons (Fsp3) is 0.156. The number of fused-ring (bicyclic) bond motifs is 10. The fourth-order valence-corrected chi connectivity index (χ4v) is 15.1. The minimum absolute atomic E-state index is 0.332. The Hall–Kier alpha value is -7.40. The highest BCUT2D eigenvalue weighted by atomic mass is 32.1. The molecule has 4 heteroatoms. The van der Waals surface area contributed by atoms with Gasteiger partial charge in [0.15, 0.2) is 5.82 Å². The van der Waals surface area contributed by atoms with E-state index < -0.39 is 0 Å². The van der Waals surface area contributed by atoms with Gasteiger partial charge in [-0.3, -0.25) is 0 Å². The van der Waals surface area contributed by atoms with Gasteiger partial charge in [0, 0.05) is 58.7 Å². The summed E-state index contributed by atoms with van der Waals surface area (Å²) in [5.74, 6) is 3.46. The third-order valence-electron chi connectivity index (χ3n) is 16.3. The molecule has 0 saturated heterocycles. The number of aromatic nitrogens is 3. The molecule has 4 aliphatic carbocycles. The summed E-state index contributed by atoms with van der Waals surface area (Å²) >= 11 is 1.91. The summed E-state index contributed by atoms with van der Waals surface area (Å²) in [6, 6.07) is 71.9. The van der Waals surface area contributed by atoms with Crippen LogP contribution in [0, 0.1) is 17.8 Å². The number of thiophene rings is 1. The van der Waals surface area contributed by atoms with Crippen LogP contribution in [-0.2, 0) is 5.41 Å². The summed E-state index contributed by atoms with van der Waals surface area (Å²) in [5, 5.41) is 10.1. The second-order valence-electron chi connectivity index (χ2n) is 20.3. The summed E-state index contributed by atoms with van der Waals surface area (Å²) in [5.41, 5.74) is 12.8. The largest absolute Gasteiger partial charge is 0.309 e. The van der Waals surface area contributed by atoms with E-state index in [0.29, 0.717) is 5.41 Å². The van der Waals surface area contributed by atoms with E-state index in [1.54, 1.807) is 0 Å². The number of hydrogen-bond donors (Lipinski definition) is 0. The van der Waals surface area contributed by atoms with Crippen molar-refractivity contribution >= 4 is 74.9 Å². The van der Waals surface area contributed by atoms with Gasteiger partial charge in [0.05, 0.1) is 22.4 Å². The Labute approximate surface area is 399 Å². The van der Waals surface area contributed by atoms with Crippen molar-refractivity contribution in [3.63, 3.8) is 0 Å². The SMILES string of the molecule is c1ccc(-c2cccc(-n3c4ccccc4c4ccc(-c5cc(-c6cc7c8ccc9ccccc9c8sc7c7ccccc67)nc(-c6ccc(C78CC9CC(CC(C9)C7)C8)cc6)n5)cc43)c2)cc1. The molecule has 4 fully saturated rings. The predicted molar refractivity (Wildman–Crippen MR) is 286 cm³/mol. The van der Waals surface area contributed by atoms with Crippen LogP contribution >= 0.6 is 11.3 Å². The molecule has 0 spiro atoms. The Morgan fingerprint density at radius 1 is 0.412 bits per heavy atom. The first-order valence-corrected chi connectivity index (χ1v) is 25.4. The highest BCUT2D eigenvalue weighted by Crippen LogP contribution is 2.61. The van der Waals surface area contributed by atoms with E-state index in [0.717, 1.165) is 62.9 Å². The average molecular weight is 890 g/mol. The van der Waals surface area contributed by atoms with Crippen molar-refractivity contribution in [3.8, 4) is 50.7 Å². The molecule has 68 heavy (non-hydrogen) atoms. The fourth-order valence-electron chi connectivity index (χ4n) is 13.7. The van der Waals surface area contributed by atoms with Crippen molar-refractivity contribution in [2.24, 2.45) is 17.8 Å². The van der Waals surface area contributed by atoms with Crippen molar-refractivity contribution < 1.29 is 0 Å². The zero-order chi connectivity index (χ0) is 44.5. The topological polar surface area (TPSA) is 30.7 Å². The van der Waals surface area contributed by atoms with Crippen LogP contribution in [0.2, 0.25) is 0 Å². The highest BCUT2D eigenvalue weighted by Gasteiger charge is 2.51. The van der Waals surface area contributed by atoms with E-state index in [2.05, 4.69) is 199 Å². The van der Waals surface area contributed by atoms with Gasteiger partial charge in [0.25, 0.3) is 0 Å². The molecule has 4 bridgehead atoms. The third-order valence-corrected chi connectivity index (χ3v) is 17.6. The molecule has 324 valence electrons. The van der Waals surface area contributed by atoms with Crippen LogP contribution in [0.15, 0.2) is 194 Å². The number of para-hydroxylation sites is 1. The molecule has 4 aliphatic rings. The zero-order valence-corrected chi connectivity index (χ0v) is 38.5. The average Bonchev–Trinajstić information content (AvgIpc) is 3.94. The highest BCUT2D eigenvalue weighted by molar-refractivity contribution is 7.27. The van der Waals surface area contributed by atoms with Crippen LogP contribution in [0.3, 0.4) is 0 Å². The van der Waals surface area contributed by atoms with Crippen LogP contribution in [0.5, 0.6) is 0 Å². The van der Waals surface area contributed by atoms with Crippen LogP contribution in [0.4, 0.5) is 0 Å². The lowest BCUT2D eigenvalue weighted by Gasteiger charge is -2.57. The van der Waals surface area contributed by atoms with Gasteiger partial charge in [-0.2, -0.15) is 0 Å². The standard InChI is InChI=1S/C64H47N3S/c1-2-11-42(12-3-1)45-14-10-15-48(32-45)67-59-20-9-8-18-51(59)52-27-24-46(33-60(52)67)57-35-58(66-63(65-57)44-21-25-47(26-22-44)64-36-39-29-40(37-64)31-41(30-39)38-64)55-34-56-54-28-23-43-13-4-5-16-49(43)61(54)68-62(56)53-19-7-6-17-50(53)55/h1-28,32-35,39-41H,29-31,36-38H2. The normalized spacial score (nSPS) is 19.9. The van der Waals surface area contributed by atoms with Crippen LogP contribution < -0.4 is 0 Å². The molecule has 12 aromatic rings.